The average Bonchev–Trinajstić information content (AvgIpc) is 0.829. The molecule has 0 aliphatic rings. The lowest BCUT2D eigenvalue weighted by molar-refractivity contribution is 0.182. The van der Waals surface area contributed by atoms with Crippen molar-refractivity contribution in [3.05, 3.63) is 0 Å². The molecule has 7 N–H and O–H groups in total. The summed E-state index contributed by atoms with van der Waals surface area (Å²) in [5, 5.41) is 51.2. The average molecular weight is 2310 g/mol. The second-order valence-electron chi connectivity index (χ2n) is 41.5. The lowest BCUT2D eigenvalue weighted by Gasteiger charge is -2.45. The first-order chi connectivity index (χ1) is 58.8. The summed E-state index contributed by atoms with van der Waals surface area (Å²) in [6.45, 7) is 104. The maximum Gasteiger partial charge on any atom is 0.504 e. The molecule has 0 amide bonds. The Hall–Kier alpha value is 3.76. The zero-order chi connectivity index (χ0) is 105. The van der Waals surface area contributed by atoms with Gasteiger partial charge in [0.1, 0.15) is 0 Å². The van der Waals surface area contributed by atoms with Gasteiger partial charge in [-0.3, -0.25) is 9.09 Å². The Labute approximate surface area is 860 Å². The third-order valence-corrected chi connectivity index (χ3v) is 60.8. The molecule has 802 valence electrons. The van der Waals surface area contributed by atoms with Crippen molar-refractivity contribution >= 4 is 181 Å². The Kier molecular flexibility index (Phi) is 110. The van der Waals surface area contributed by atoms with E-state index in [4.69, 9.17) is 63.6 Å². The number of hydrogen-bond donors (Lipinski definition) is 5. The smallest absolute Gasteiger partial charge is 0.416 e. The molecule has 0 aromatic rings. The van der Waals surface area contributed by atoms with E-state index in [2.05, 4.69) is 312 Å². The van der Waals surface area contributed by atoms with Gasteiger partial charge in [-0.25, -0.2) is 14.0 Å². The number of nitrogens with zero attached hydrogens (tertiary/aromatic N) is 5. The number of rotatable bonds is 53. The molecule has 0 aliphatic heterocycles. The van der Waals surface area contributed by atoms with Crippen LogP contribution in [0.25, 0.3) is 0 Å². The predicted molar refractivity (Wildman–Crippen MR) is 624 cm³/mol. The van der Waals surface area contributed by atoms with Crippen LogP contribution in [0.15, 0.2) is 0 Å². The van der Waals surface area contributed by atoms with E-state index >= 15 is 0 Å². The van der Waals surface area contributed by atoms with Gasteiger partial charge in [-0.05, 0) is 205 Å². The molecule has 2 atom stereocenters. The number of halogens is 3. The van der Waals surface area contributed by atoms with Crippen LogP contribution >= 0.6 is 140 Å². The summed E-state index contributed by atoms with van der Waals surface area (Å²) < 4.78 is 115. The Balaban J connectivity index is -0.000000111. The van der Waals surface area contributed by atoms with Crippen molar-refractivity contribution in [3.63, 3.8) is 0 Å². The van der Waals surface area contributed by atoms with Crippen molar-refractivity contribution in [2.45, 2.75) is 333 Å². The molecular formula is C89H214F2IN6O16P6S6Si5+. The van der Waals surface area contributed by atoms with E-state index < -0.39 is 94.9 Å². The summed E-state index contributed by atoms with van der Waals surface area (Å²) in [4.78, 5) is 0. The second-order valence-corrected chi connectivity index (χ2v) is 90.3. The maximum atomic E-state index is 11.6. The number of alkyl halides is 2. The molecule has 2 unspecified atom stereocenters. The van der Waals surface area contributed by atoms with Gasteiger partial charge in [-0.15, -0.1) is 4.52 Å². The van der Waals surface area contributed by atoms with Crippen LogP contribution < -0.4 is 6.15 Å². The zero-order valence-electron chi connectivity index (χ0n) is 93.9. The molecule has 0 bridgehead atoms. The Morgan fingerprint density at radius 1 is 0.420 bits per heavy atom. The fourth-order valence-corrected chi connectivity index (χ4v) is 27.2. The first kappa shape index (κ1) is 160. The third kappa shape index (κ3) is 105. The van der Waals surface area contributed by atoms with E-state index in [0.29, 0.717) is 94.1 Å². The summed E-state index contributed by atoms with van der Waals surface area (Å²) in [7, 11) is -14.5. The van der Waals surface area contributed by atoms with Crippen molar-refractivity contribution in [1.29, 1.82) is 10.5 Å². The lowest BCUT2D eigenvalue weighted by Crippen LogP contribution is -2.43. The Morgan fingerprint density at radius 2 is 0.618 bits per heavy atom. The van der Waals surface area contributed by atoms with Crippen LogP contribution in [-0.2, 0) is 54.1 Å². The maximum absolute atomic E-state index is 11.6. The van der Waals surface area contributed by atoms with Crippen LogP contribution in [0.2, 0.25) is 97.2 Å². The molecule has 0 heterocycles. The fraction of sp³-hybridized carbons (Fsp3) is 0.978. The molecule has 22 nitrogen and oxygen atoms in total. The van der Waals surface area contributed by atoms with E-state index in [1.807, 2.05) is 75.3 Å². The zero-order valence-corrected chi connectivity index (χ0v) is 110. The fourth-order valence-electron chi connectivity index (χ4n) is 7.90. The van der Waals surface area contributed by atoms with Crippen LogP contribution in [0.3, 0.4) is 0 Å². The number of nitriles is 2. The van der Waals surface area contributed by atoms with E-state index in [-0.39, 0.29) is 30.7 Å². The van der Waals surface area contributed by atoms with Crippen molar-refractivity contribution in [3.8, 4) is 12.1 Å². The summed E-state index contributed by atoms with van der Waals surface area (Å²) in [5.74, 6) is 11.5. The lowest BCUT2D eigenvalue weighted by atomic mass is 10.2. The minimum atomic E-state index is -1.91. The van der Waals surface area contributed by atoms with Gasteiger partial charge in [0.05, 0.1) is 102 Å². The second kappa shape index (κ2) is 90.1. The monoisotopic (exact) mass is 2310 g/mol. The largest absolute Gasteiger partial charge is 0.504 e. The normalized spacial score (nSPS) is 12.8. The molecule has 0 aromatic heterocycles. The number of thioether (sulfide) groups is 6. The third-order valence-electron chi connectivity index (χ3n) is 20.8. The van der Waals surface area contributed by atoms with Gasteiger partial charge in [-0.1, -0.05) is 146 Å². The highest BCUT2D eigenvalue weighted by Crippen LogP contribution is 2.52. The van der Waals surface area contributed by atoms with Crippen LogP contribution in [0, 0.1) is 22.7 Å². The number of aliphatic hydroxyl groups excluding tert-OH is 4. The summed E-state index contributed by atoms with van der Waals surface area (Å²) in [6, 6.07) is 6.59. The highest BCUT2D eigenvalue weighted by molar-refractivity contribution is 14.1. The summed E-state index contributed by atoms with van der Waals surface area (Å²) in [6.07, 6.45) is 3.29. The topological polar surface area (TPSA) is 315 Å². The van der Waals surface area contributed by atoms with Gasteiger partial charge in [0.25, 0.3) is 8.53 Å². The van der Waals surface area contributed by atoms with Crippen LogP contribution in [0.4, 0.5) is 9.09 Å². The van der Waals surface area contributed by atoms with Crippen LogP contribution in [-0.4, -0.2) is 338 Å². The van der Waals surface area contributed by atoms with Crippen molar-refractivity contribution < 1.29 is 85.0 Å². The van der Waals surface area contributed by atoms with E-state index in [0.717, 1.165) is 115 Å². The van der Waals surface area contributed by atoms with Crippen molar-refractivity contribution in [1.82, 2.24) is 20.2 Å². The van der Waals surface area contributed by atoms with Gasteiger partial charge in [-0.2, -0.15) is 81.1 Å². The molecule has 131 heavy (non-hydrogen) atoms. The van der Waals surface area contributed by atoms with Gasteiger partial charge < -0.3 is 71.5 Å². The molecule has 0 radical (unpaired) electrons. The summed E-state index contributed by atoms with van der Waals surface area (Å²) in [5.41, 5.74) is 0. The quantitative estimate of drug-likeness (QED) is 0.0124. The van der Waals surface area contributed by atoms with Gasteiger partial charge in [0.15, 0.2) is 48.4 Å². The van der Waals surface area contributed by atoms with Gasteiger partial charge in [0, 0.05) is 170 Å². The SMILES string of the molecule is CC(C)(C)[Si](C)(C)C.CC(C)(C)[Si](C)(C)OCCSCCI.CC(C)(C)[Si](C)(C)OCCSCCO.CC(C)(C)[Si](C)(C)OCCSCCP(C)(C)=O.CC(C)(C)[Si](C)(C)OCCSCCP(C)(C)=O.CC(C)N(C(C)C)P(OCCC#N)N(C(C)C)C(C)C.CC(C)N(C(C)C)P(OCCC#N)OCCSCCP(C)(C)=O.CO.CO[P+](C)=O.F.N.OCCSCCO.[2H]CF. The standard InChI is InChI=1S/C15H32N3OP.C15H32N2O3P2S.2C12H29O2PSSi.C10H23IOSSi.C10H24O2SSi.C7H18Si.C4H10O2S.C2H6O2P.CH3F.CH4O.FH.H3N/c1-12(2)17(13(3)4)20(19-11-9-10-16)18(14(5)6)15(7)8;1-14(2)17(15(3)4)21(19-9-7-8-16)20-10-12-23-13-11-22(5,6)18;2*1-12(2,3)17(6,7)14-8-10-16-11-9-15(4,5)13;2*1-10(2,3)14(4,5)12-7-9-13-8-6-11;1-7(2,3)8(4,5)6;5-1-3-7-4-2-6;1-4-5(2)3;2*1-2;;/h12-15H,9,11H2,1-8H3;14-15H,7,9-13H2,1-6H3;2*8-11H2,1-7H3;6-9H2,1-5H3;11H,6-9H2,1-5H3;1-6H3;5-6H,1-4H2;1-2H3;1H3;2H,1H3;1H;1H3/q;;;;;;;;+1;;;;/i;;;;;;;;;1D;;;. The number of aliphatic hydroxyl groups is 4. The highest BCUT2D eigenvalue weighted by atomic mass is 127. The van der Waals surface area contributed by atoms with Crippen molar-refractivity contribution in [2.24, 2.45) is 0 Å². The minimum absolute atomic E-state index is 0. The molecule has 0 rings (SSSR count). The molecular weight excluding hydrogens is 2090 g/mol. The number of hydrogen-bond acceptors (Lipinski definition) is 28. The first-order valence-corrected chi connectivity index (χ1v) is 81.5. The molecule has 0 aliphatic carbocycles. The van der Waals surface area contributed by atoms with E-state index in [9.17, 15) is 22.7 Å². The highest BCUT2D eigenvalue weighted by Gasteiger charge is 2.41. The van der Waals surface area contributed by atoms with E-state index in [1.54, 1.807) is 35.3 Å². The predicted octanol–water partition coefficient (Wildman–Crippen LogP) is 29.0. The molecule has 0 aromatic carbocycles. The Morgan fingerprint density at radius 3 is 0.802 bits per heavy atom. The summed E-state index contributed by atoms with van der Waals surface area (Å²) >= 11 is 13.2. The van der Waals surface area contributed by atoms with Gasteiger partial charge >= 0.3 is 8.03 Å². The molecule has 0 spiro atoms. The first-order valence-electron chi connectivity index (χ1n) is 46.4. The van der Waals surface area contributed by atoms with Crippen LogP contribution in [0.5, 0.6) is 0 Å². The minimum Gasteiger partial charge on any atom is -0.416 e. The molecule has 42 heteroatoms. The van der Waals surface area contributed by atoms with Gasteiger partial charge in [0.2, 0.25) is 0 Å². The Bertz CT molecular complexity index is 2700. The van der Waals surface area contributed by atoms with Crippen LogP contribution in [0.1, 0.15) is 201 Å². The molecule has 0 saturated carbocycles. The van der Waals surface area contributed by atoms with E-state index in [1.165, 1.54) is 24.0 Å². The molecule has 0 saturated heterocycles. The molecule has 0 fully saturated rings. The van der Waals surface area contributed by atoms with Crippen molar-refractivity contribution in [2.75, 3.05) is 226 Å².